The first-order valence-electron chi connectivity index (χ1n) is 6.64. The van der Waals surface area contributed by atoms with Crippen LogP contribution in [-0.2, 0) is 9.53 Å². The molecular weight excluding hydrogens is 279 g/mol. The molecule has 0 heterocycles. The van der Waals surface area contributed by atoms with Crippen molar-refractivity contribution in [2.45, 2.75) is 6.10 Å². The number of nitrogens with one attached hydrogen (secondary N) is 2. The maximum absolute atomic E-state index is 12.7. The standard InChI is InChI=1S/C14H21FN2O4/c1-20-7-6-17-14(19)9-16-8-12(18)10-21-13-4-2-11(15)3-5-13/h2-5,12,16,18H,6-10H2,1H3,(H,17,19). The number of carbonyl (C=O) groups is 1. The molecule has 1 aromatic rings. The Kier molecular flexibility index (Phi) is 8.34. The minimum atomic E-state index is -0.762. The van der Waals surface area contributed by atoms with E-state index in [9.17, 15) is 14.3 Å². The van der Waals surface area contributed by atoms with Gasteiger partial charge in [0.15, 0.2) is 0 Å². The van der Waals surface area contributed by atoms with Crippen molar-refractivity contribution in [1.82, 2.24) is 10.6 Å². The van der Waals surface area contributed by atoms with Crippen LogP contribution in [0.4, 0.5) is 4.39 Å². The van der Waals surface area contributed by atoms with Gasteiger partial charge < -0.3 is 25.2 Å². The molecule has 21 heavy (non-hydrogen) atoms. The Balaban J connectivity index is 2.09. The molecule has 7 heteroatoms. The van der Waals surface area contributed by atoms with E-state index in [2.05, 4.69) is 10.6 Å². The van der Waals surface area contributed by atoms with Crippen molar-refractivity contribution in [2.75, 3.05) is 40.0 Å². The SMILES string of the molecule is COCCNC(=O)CNCC(O)COc1ccc(F)cc1. The summed E-state index contributed by atoms with van der Waals surface area (Å²) in [5.74, 6) is -0.0319. The molecule has 1 atom stereocenters. The molecule has 1 amide bonds. The van der Waals surface area contributed by atoms with Gasteiger partial charge in [-0.1, -0.05) is 0 Å². The van der Waals surface area contributed by atoms with Gasteiger partial charge in [0.2, 0.25) is 5.91 Å². The number of aliphatic hydroxyl groups excluding tert-OH is 1. The number of methoxy groups -OCH3 is 1. The average molecular weight is 300 g/mol. The second-order valence-corrected chi connectivity index (χ2v) is 4.39. The number of halogens is 1. The third kappa shape index (κ3) is 8.23. The highest BCUT2D eigenvalue weighted by Gasteiger charge is 2.07. The van der Waals surface area contributed by atoms with Crippen molar-refractivity contribution >= 4 is 5.91 Å². The van der Waals surface area contributed by atoms with Gasteiger partial charge in [-0.25, -0.2) is 4.39 Å². The summed E-state index contributed by atoms with van der Waals surface area (Å²) in [4.78, 5) is 11.3. The highest BCUT2D eigenvalue weighted by Crippen LogP contribution is 2.10. The van der Waals surface area contributed by atoms with Gasteiger partial charge in [0, 0.05) is 20.2 Å². The zero-order valence-corrected chi connectivity index (χ0v) is 12.0. The first-order valence-corrected chi connectivity index (χ1v) is 6.64. The van der Waals surface area contributed by atoms with Crippen molar-refractivity contribution in [2.24, 2.45) is 0 Å². The van der Waals surface area contributed by atoms with Crippen LogP contribution in [-0.4, -0.2) is 57.1 Å². The number of hydrogen-bond acceptors (Lipinski definition) is 5. The first kappa shape index (κ1) is 17.4. The number of aliphatic hydroxyl groups is 1. The molecule has 1 rings (SSSR count). The molecule has 0 spiro atoms. The molecular formula is C14H21FN2O4. The minimum absolute atomic E-state index is 0.0595. The van der Waals surface area contributed by atoms with Gasteiger partial charge in [0.25, 0.3) is 0 Å². The number of amides is 1. The van der Waals surface area contributed by atoms with E-state index in [4.69, 9.17) is 9.47 Å². The van der Waals surface area contributed by atoms with Crippen molar-refractivity contribution < 1.29 is 23.8 Å². The summed E-state index contributed by atoms with van der Waals surface area (Å²) in [6.07, 6.45) is -0.762. The van der Waals surface area contributed by atoms with E-state index >= 15 is 0 Å². The quantitative estimate of drug-likeness (QED) is 0.527. The Morgan fingerprint density at radius 3 is 2.76 bits per heavy atom. The molecule has 0 aliphatic rings. The van der Waals surface area contributed by atoms with Crippen molar-refractivity contribution in [3.8, 4) is 5.75 Å². The molecule has 0 saturated carbocycles. The summed E-state index contributed by atoms with van der Waals surface area (Å²) in [5, 5.41) is 15.1. The van der Waals surface area contributed by atoms with Gasteiger partial charge in [0.05, 0.1) is 13.2 Å². The summed E-state index contributed by atoms with van der Waals surface area (Å²) in [6, 6.07) is 5.53. The fourth-order valence-corrected chi connectivity index (χ4v) is 1.49. The lowest BCUT2D eigenvalue weighted by Gasteiger charge is -2.13. The molecule has 0 fully saturated rings. The summed E-state index contributed by atoms with van der Waals surface area (Å²) < 4.78 is 22.8. The first-order chi connectivity index (χ1) is 10.1. The summed E-state index contributed by atoms with van der Waals surface area (Å²) in [5.41, 5.74) is 0. The van der Waals surface area contributed by atoms with E-state index in [1.165, 1.54) is 24.3 Å². The number of ether oxygens (including phenoxy) is 2. The van der Waals surface area contributed by atoms with Crippen molar-refractivity contribution in [1.29, 1.82) is 0 Å². The Morgan fingerprint density at radius 1 is 1.38 bits per heavy atom. The Labute approximate surface area is 123 Å². The molecule has 3 N–H and O–H groups in total. The van der Waals surface area contributed by atoms with E-state index in [1.54, 1.807) is 7.11 Å². The lowest BCUT2D eigenvalue weighted by Crippen LogP contribution is -2.39. The summed E-state index contributed by atoms with van der Waals surface area (Å²) in [7, 11) is 1.56. The third-order valence-electron chi connectivity index (χ3n) is 2.55. The fraction of sp³-hybridized carbons (Fsp3) is 0.500. The maximum Gasteiger partial charge on any atom is 0.234 e. The van der Waals surface area contributed by atoms with E-state index < -0.39 is 6.10 Å². The largest absolute Gasteiger partial charge is 0.491 e. The van der Waals surface area contributed by atoms with E-state index in [0.29, 0.717) is 18.9 Å². The molecule has 1 aromatic carbocycles. The predicted molar refractivity (Wildman–Crippen MR) is 75.7 cm³/mol. The van der Waals surface area contributed by atoms with Gasteiger partial charge in [-0.3, -0.25) is 4.79 Å². The maximum atomic E-state index is 12.7. The van der Waals surface area contributed by atoms with Gasteiger partial charge in [-0.2, -0.15) is 0 Å². The molecule has 0 bridgehead atoms. The number of rotatable bonds is 10. The van der Waals surface area contributed by atoms with Crippen LogP contribution in [0.1, 0.15) is 0 Å². The van der Waals surface area contributed by atoms with E-state index in [-0.39, 0.29) is 31.4 Å². The zero-order valence-electron chi connectivity index (χ0n) is 12.0. The molecule has 0 saturated heterocycles. The third-order valence-corrected chi connectivity index (χ3v) is 2.55. The van der Waals surface area contributed by atoms with Gasteiger partial charge in [-0.15, -0.1) is 0 Å². The van der Waals surface area contributed by atoms with Crippen LogP contribution in [0.3, 0.4) is 0 Å². The Morgan fingerprint density at radius 2 is 2.10 bits per heavy atom. The van der Waals surface area contributed by atoms with Crippen LogP contribution in [0, 0.1) is 5.82 Å². The highest BCUT2D eigenvalue weighted by atomic mass is 19.1. The minimum Gasteiger partial charge on any atom is -0.491 e. The fourth-order valence-electron chi connectivity index (χ4n) is 1.49. The average Bonchev–Trinajstić information content (AvgIpc) is 2.47. The smallest absolute Gasteiger partial charge is 0.234 e. The highest BCUT2D eigenvalue weighted by molar-refractivity contribution is 5.77. The van der Waals surface area contributed by atoms with E-state index in [0.717, 1.165) is 0 Å². The van der Waals surface area contributed by atoms with Crippen LogP contribution >= 0.6 is 0 Å². The number of hydrogen-bond donors (Lipinski definition) is 3. The van der Waals surface area contributed by atoms with E-state index in [1.807, 2.05) is 0 Å². The summed E-state index contributed by atoms with van der Waals surface area (Å²) >= 11 is 0. The van der Waals surface area contributed by atoms with Crippen LogP contribution < -0.4 is 15.4 Å². The van der Waals surface area contributed by atoms with Crippen molar-refractivity contribution in [3.63, 3.8) is 0 Å². The second-order valence-electron chi connectivity index (χ2n) is 4.39. The van der Waals surface area contributed by atoms with Gasteiger partial charge in [-0.05, 0) is 24.3 Å². The molecule has 6 nitrogen and oxygen atoms in total. The van der Waals surface area contributed by atoms with Crippen LogP contribution in [0.2, 0.25) is 0 Å². The van der Waals surface area contributed by atoms with Crippen LogP contribution in [0.25, 0.3) is 0 Å². The molecule has 118 valence electrons. The zero-order chi connectivity index (χ0) is 15.5. The number of benzene rings is 1. The topological polar surface area (TPSA) is 79.8 Å². The Bertz CT molecular complexity index is 414. The second kappa shape index (κ2) is 10.1. The predicted octanol–water partition coefficient (Wildman–Crippen LogP) is -0.0824. The number of carbonyl (C=O) groups excluding carboxylic acids is 1. The molecule has 0 aliphatic carbocycles. The molecule has 0 aromatic heterocycles. The molecule has 0 radical (unpaired) electrons. The lowest BCUT2D eigenvalue weighted by atomic mass is 10.3. The Hall–Kier alpha value is -1.70. The lowest BCUT2D eigenvalue weighted by molar-refractivity contribution is -0.120. The van der Waals surface area contributed by atoms with Gasteiger partial charge >= 0.3 is 0 Å². The summed E-state index contributed by atoms with van der Waals surface area (Å²) in [6.45, 7) is 1.30. The van der Waals surface area contributed by atoms with Crippen LogP contribution in [0.15, 0.2) is 24.3 Å². The normalized spacial score (nSPS) is 12.0. The van der Waals surface area contributed by atoms with Crippen LogP contribution in [0.5, 0.6) is 5.75 Å². The van der Waals surface area contributed by atoms with Gasteiger partial charge in [0.1, 0.15) is 24.3 Å². The molecule has 0 aliphatic heterocycles. The molecule has 1 unspecified atom stereocenters. The monoisotopic (exact) mass is 300 g/mol. The van der Waals surface area contributed by atoms with Crippen molar-refractivity contribution in [3.05, 3.63) is 30.1 Å².